The van der Waals surface area contributed by atoms with E-state index in [-0.39, 0.29) is 29.7 Å². The number of rotatable bonds is 7. The van der Waals surface area contributed by atoms with Crippen LogP contribution in [0.1, 0.15) is 33.5 Å². The van der Waals surface area contributed by atoms with Crippen molar-refractivity contribution in [2.24, 2.45) is 0 Å². The summed E-state index contributed by atoms with van der Waals surface area (Å²) >= 11 is 6.98. The van der Waals surface area contributed by atoms with Gasteiger partial charge in [0.25, 0.3) is 5.91 Å². The van der Waals surface area contributed by atoms with Crippen LogP contribution in [0.3, 0.4) is 0 Å². The third-order valence-electron chi connectivity index (χ3n) is 9.29. The predicted octanol–water partition coefficient (Wildman–Crippen LogP) is 5.77. The molecular weight excluding hydrogens is 669 g/mol. The number of aryl methyl sites for hydroxylation is 2. The summed E-state index contributed by atoms with van der Waals surface area (Å²) in [7, 11) is 0. The molecule has 2 saturated heterocycles. The molecule has 3 aliphatic rings. The van der Waals surface area contributed by atoms with E-state index >= 15 is 0 Å². The Kier molecular flexibility index (Phi) is 10.1. The molecule has 50 heavy (non-hydrogen) atoms. The number of thioether (sulfide) groups is 1. The molecule has 0 aliphatic carbocycles. The lowest BCUT2D eigenvalue weighted by molar-refractivity contribution is -0.122. The van der Waals surface area contributed by atoms with E-state index in [4.69, 9.17) is 17.0 Å². The number of para-hydroxylation sites is 2. The minimum atomic E-state index is -0.678. The Morgan fingerprint density at radius 2 is 1.36 bits per heavy atom. The number of imide groups is 1. The first-order chi connectivity index (χ1) is 24.4. The third-order valence-corrected chi connectivity index (χ3v) is 11.0. The van der Waals surface area contributed by atoms with Gasteiger partial charge in [-0.05, 0) is 65.9 Å². The van der Waals surface area contributed by atoms with Gasteiger partial charge in [-0.1, -0.05) is 90.7 Å². The lowest BCUT2D eigenvalue weighted by Gasteiger charge is -2.36. The summed E-state index contributed by atoms with van der Waals surface area (Å²) in [5, 5.41) is -0.609. The molecule has 0 saturated carbocycles. The largest absolute Gasteiger partial charge is 0.452 e. The average Bonchev–Trinajstić information content (AvgIpc) is 3.31. The van der Waals surface area contributed by atoms with E-state index < -0.39 is 17.8 Å². The number of ether oxygens (including phenoxy) is 1. The lowest BCUT2D eigenvalue weighted by Crippen LogP contribution is -2.47. The number of thiocarbonyl (C=S) groups is 1. The van der Waals surface area contributed by atoms with E-state index in [0.717, 1.165) is 73.0 Å². The Bertz CT molecular complexity index is 1880. The second-order valence-corrected chi connectivity index (χ2v) is 14.3. The number of carbonyl (C=O) groups excluding carboxylic acids is 4. The summed E-state index contributed by atoms with van der Waals surface area (Å²) in [4.78, 5) is 60.3. The molecule has 254 valence electrons. The van der Waals surface area contributed by atoms with Crippen molar-refractivity contribution < 1.29 is 23.9 Å². The Labute approximate surface area is 300 Å². The first-order valence-corrected chi connectivity index (χ1v) is 18.0. The van der Waals surface area contributed by atoms with Crippen LogP contribution in [0.15, 0.2) is 103 Å². The Morgan fingerprint density at radius 1 is 0.760 bits per heavy atom. The fraction of sp³-hybridized carbons (Fsp3) is 0.256. The van der Waals surface area contributed by atoms with E-state index in [1.807, 2.05) is 66.7 Å². The van der Waals surface area contributed by atoms with E-state index in [2.05, 4.69) is 21.9 Å². The fourth-order valence-corrected chi connectivity index (χ4v) is 8.20. The molecule has 0 radical (unpaired) electrons. The number of esters is 1. The summed E-state index contributed by atoms with van der Waals surface area (Å²) in [5.41, 5.74) is 5.50. The monoisotopic (exact) mass is 704 g/mol. The normalized spacial score (nSPS) is 17.6. The van der Waals surface area contributed by atoms with Gasteiger partial charge in [0.1, 0.15) is 9.57 Å². The molecule has 3 amide bonds. The molecule has 0 unspecified atom stereocenters. The quantitative estimate of drug-likeness (QED) is 0.135. The van der Waals surface area contributed by atoms with Crippen LogP contribution in [0.25, 0.3) is 0 Å². The smallest absolute Gasteiger partial charge is 0.338 e. The Morgan fingerprint density at radius 3 is 2.00 bits per heavy atom. The zero-order valence-electron chi connectivity index (χ0n) is 27.4. The molecule has 0 bridgehead atoms. The zero-order chi connectivity index (χ0) is 34.6. The van der Waals surface area contributed by atoms with Crippen LogP contribution in [0.2, 0.25) is 0 Å². The third kappa shape index (κ3) is 7.21. The van der Waals surface area contributed by atoms with Gasteiger partial charge >= 0.3 is 5.97 Å². The topological polar surface area (TPSA) is 90.5 Å². The highest BCUT2D eigenvalue weighted by molar-refractivity contribution is 8.23. The minimum Gasteiger partial charge on any atom is -0.452 e. The highest BCUT2D eigenvalue weighted by Crippen LogP contribution is 2.36. The zero-order valence-corrected chi connectivity index (χ0v) is 29.0. The van der Waals surface area contributed by atoms with Crippen LogP contribution >= 0.6 is 24.0 Å². The molecule has 1 atom stereocenters. The van der Waals surface area contributed by atoms with E-state index in [1.54, 1.807) is 17.0 Å². The average molecular weight is 705 g/mol. The predicted molar refractivity (Wildman–Crippen MR) is 199 cm³/mol. The van der Waals surface area contributed by atoms with Gasteiger partial charge in [0.05, 0.1) is 22.6 Å². The van der Waals surface area contributed by atoms with Crippen LogP contribution in [-0.4, -0.2) is 75.8 Å². The van der Waals surface area contributed by atoms with E-state index in [1.165, 1.54) is 29.5 Å². The molecule has 3 heterocycles. The SMILES string of the molecule is O=C(OCC(=O)N1c2ccccc2CCc2ccccc21)c1ccc(N2C(=O)C[C@@H](SC(=S)N3CCN(Cc4ccccc4)CC3)C2=O)cc1. The number of benzene rings is 4. The first-order valence-electron chi connectivity index (χ1n) is 16.7. The van der Waals surface area contributed by atoms with Gasteiger partial charge in [0, 0.05) is 39.1 Å². The Hall–Kier alpha value is -4.84. The van der Waals surface area contributed by atoms with Gasteiger partial charge in [-0.15, -0.1) is 0 Å². The van der Waals surface area contributed by atoms with Gasteiger partial charge in [0.15, 0.2) is 6.61 Å². The molecule has 11 heteroatoms. The molecule has 3 aliphatic heterocycles. The van der Waals surface area contributed by atoms with Crippen molar-refractivity contribution in [3.05, 3.63) is 125 Å². The maximum Gasteiger partial charge on any atom is 0.338 e. The molecule has 7 rings (SSSR count). The number of carbonyl (C=O) groups is 4. The molecular formula is C39H36N4O5S2. The number of hydrogen-bond donors (Lipinski definition) is 0. The number of fused-ring (bicyclic) bond motifs is 2. The van der Waals surface area contributed by atoms with Crippen molar-refractivity contribution in [1.29, 1.82) is 0 Å². The first kappa shape index (κ1) is 33.6. The van der Waals surface area contributed by atoms with E-state index in [9.17, 15) is 19.2 Å². The van der Waals surface area contributed by atoms with Crippen molar-refractivity contribution in [2.75, 3.05) is 42.6 Å². The van der Waals surface area contributed by atoms with Gasteiger partial charge in [-0.3, -0.25) is 24.2 Å². The maximum absolute atomic E-state index is 13.6. The molecule has 0 aromatic heterocycles. The van der Waals surface area contributed by atoms with Gasteiger partial charge in [0.2, 0.25) is 11.8 Å². The molecule has 0 N–H and O–H groups in total. The van der Waals surface area contributed by atoms with Gasteiger partial charge < -0.3 is 9.64 Å². The summed E-state index contributed by atoms with van der Waals surface area (Å²) in [5.74, 6) is -1.69. The van der Waals surface area contributed by atoms with Crippen molar-refractivity contribution in [3.63, 3.8) is 0 Å². The van der Waals surface area contributed by atoms with Gasteiger partial charge in [-0.25, -0.2) is 9.69 Å². The van der Waals surface area contributed by atoms with Crippen LogP contribution in [-0.2, 0) is 38.5 Å². The van der Waals surface area contributed by atoms with E-state index in [0.29, 0.717) is 10.0 Å². The van der Waals surface area contributed by atoms with Crippen molar-refractivity contribution >= 4 is 69.1 Å². The second kappa shape index (κ2) is 15.0. The molecule has 4 aromatic carbocycles. The van der Waals surface area contributed by atoms with Gasteiger partial charge in [-0.2, -0.15) is 0 Å². The standard InChI is InChI=1S/C39H36N4O5S2/c44-35-24-34(50-39(49)41-22-20-40(21-23-41)25-27-8-2-1-3-9-27)37(46)42(35)31-18-16-30(17-19-31)38(47)48-26-36(45)43-32-12-6-4-10-28(32)14-15-29-11-5-7-13-33(29)43/h1-13,16-19,34H,14-15,20-26H2/t34-/m1/s1. The minimum absolute atomic E-state index is 0.0479. The van der Waals surface area contributed by atoms with Crippen molar-refractivity contribution in [2.45, 2.75) is 31.1 Å². The van der Waals surface area contributed by atoms with Crippen LogP contribution in [0.5, 0.6) is 0 Å². The molecule has 2 fully saturated rings. The highest BCUT2D eigenvalue weighted by Gasteiger charge is 2.41. The number of nitrogens with zero attached hydrogens (tertiary/aromatic N) is 4. The summed E-state index contributed by atoms with van der Waals surface area (Å²) < 4.78 is 6.10. The van der Waals surface area contributed by atoms with Crippen molar-refractivity contribution in [1.82, 2.24) is 9.80 Å². The highest BCUT2D eigenvalue weighted by atomic mass is 32.2. The summed E-state index contributed by atoms with van der Waals surface area (Å²) in [6.07, 6.45) is 1.64. The number of amides is 3. The molecule has 9 nitrogen and oxygen atoms in total. The number of anilines is 3. The summed E-state index contributed by atoms with van der Waals surface area (Å²) in [6, 6.07) is 32.0. The van der Waals surface area contributed by atoms with Crippen LogP contribution in [0, 0.1) is 0 Å². The number of hydrogen-bond acceptors (Lipinski definition) is 8. The number of piperazine rings is 1. The molecule has 0 spiro atoms. The summed E-state index contributed by atoms with van der Waals surface area (Å²) in [6.45, 7) is 3.69. The molecule has 4 aromatic rings. The van der Waals surface area contributed by atoms with Crippen LogP contribution < -0.4 is 9.80 Å². The second-order valence-electron chi connectivity index (χ2n) is 12.5. The Balaban J connectivity index is 0.935. The van der Waals surface area contributed by atoms with Crippen LogP contribution in [0.4, 0.5) is 17.1 Å². The lowest BCUT2D eigenvalue weighted by atomic mass is 10.0. The fourth-order valence-electron chi connectivity index (χ4n) is 6.66. The maximum atomic E-state index is 13.6. The van der Waals surface area contributed by atoms with Crippen molar-refractivity contribution in [3.8, 4) is 0 Å².